The summed E-state index contributed by atoms with van der Waals surface area (Å²) in [5.74, 6) is -1.81. The van der Waals surface area contributed by atoms with E-state index in [2.05, 4.69) is 10.3 Å². The lowest BCUT2D eigenvalue weighted by molar-refractivity contribution is -0.141. The fourth-order valence-electron chi connectivity index (χ4n) is 4.27. The smallest absolute Gasteiger partial charge is 0.277 e. The molecule has 4 rings (SSSR count). The molecule has 2 bridgehead atoms. The first-order chi connectivity index (χ1) is 12.0. The van der Waals surface area contributed by atoms with Crippen molar-refractivity contribution < 1.29 is 18.8 Å². The summed E-state index contributed by atoms with van der Waals surface area (Å²) >= 11 is 0. The molecule has 3 fully saturated rings. The van der Waals surface area contributed by atoms with Crippen molar-refractivity contribution in [2.45, 2.75) is 31.7 Å². The zero-order chi connectivity index (χ0) is 17.6. The van der Waals surface area contributed by atoms with Crippen LogP contribution in [0.25, 0.3) is 0 Å². The number of nitrogens with zero attached hydrogens (tertiary/aromatic N) is 2. The second-order valence-corrected chi connectivity index (χ2v) is 6.98. The second kappa shape index (κ2) is 6.06. The number of aliphatic imine (C=N–C) groups is 1. The predicted octanol–water partition coefficient (Wildman–Crippen LogP) is 2.41. The van der Waals surface area contributed by atoms with Crippen LogP contribution in [0.5, 0.6) is 0 Å². The maximum atomic E-state index is 12.9. The van der Waals surface area contributed by atoms with E-state index in [0.29, 0.717) is 17.5 Å². The van der Waals surface area contributed by atoms with Gasteiger partial charge in [-0.1, -0.05) is 6.42 Å². The number of halogens is 1. The lowest BCUT2D eigenvalue weighted by Gasteiger charge is -2.36. The maximum absolute atomic E-state index is 12.9. The average Bonchev–Trinajstić information content (AvgIpc) is 3.19. The molecule has 1 aliphatic heterocycles. The fourth-order valence-corrected chi connectivity index (χ4v) is 4.27. The molecule has 0 unspecified atom stereocenters. The van der Waals surface area contributed by atoms with Gasteiger partial charge in [0.25, 0.3) is 0 Å². The van der Waals surface area contributed by atoms with Gasteiger partial charge in [-0.15, -0.1) is 0 Å². The van der Waals surface area contributed by atoms with Gasteiger partial charge in [0.15, 0.2) is 5.92 Å². The molecular weight excluding hydrogens is 325 g/mol. The first kappa shape index (κ1) is 15.9. The van der Waals surface area contributed by atoms with Crippen LogP contribution in [-0.4, -0.2) is 35.0 Å². The third kappa shape index (κ3) is 2.83. The zero-order valence-electron chi connectivity index (χ0n) is 13.5. The molecule has 130 valence electrons. The molecule has 0 aromatic heterocycles. The Morgan fingerprint density at radius 2 is 1.88 bits per heavy atom. The van der Waals surface area contributed by atoms with Gasteiger partial charge in [-0.2, -0.15) is 0 Å². The quantitative estimate of drug-likeness (QED) is 0.676. The van der Waals surface area contributed by atoms with Crippen molar-refractivity contribution in [2.24, 2.45) is 22.7 Å². The van der Waals surface area contributed by atoms with Crippen molar-refractivity contribution in [1.29, 1.82) is 0 Å². The topological polar surface area (TPSA) is 78.8 Å². The van der Waals surface area contributed by atoms with Crippen LogP contribution in [0.2, 0.25) is 0 Å². The van der Waals surface area contributed by atoms with Crippen LogP contribution in [0, 0.1) is 23.6 Å². The Hall–Kier alpha value is -2.57. The Kier molecular flexibility index (Phi) is 3.86. The van der Waals surface area contributed by atoms with Gasteiger partial charge in [0.1, 0.15) is 5.82 Å². The molecule has 3 aliphatic rings. The van der Waals surface area contributed by atoms with Gasteiger partial charge in [-0.05, 0) is 55.4 Å². The Labute approximate surface area is 144 Å². The summed E-state index contributed by atoms with van der Waals surface area (Å²) in [6.45, 7) is 0. The van der Waals surface area contributed by atoms with Crippen LogP contribution < -0.4 is 5.32 Å². The van der Waals surface area contributed by atoms with Gasteiger partial charge in [-0.3, -0.25) is 24.8 Å². The molecule has 1 aromatic rings. The van der Waals surface area contributed by atoms with Crippen molar-refractivity contribution in [1.82, 2.24) is 10.2 Å². The Morgan fingerprint density at radius 1 is 1.12 bits per heavy atom. The third-order valence-electron chi connectivity index (χ3n) is 5.47. The lowest BCUT2D eigenvalue weighted by atomic mass is 9.92. The number of amides is 4. The van der Waals surface area contributed by atoms with Crippen molar-refractivity contribution in [2.75, 3.05) is 0 Å². The Bertz CT molecular complexity index is 761. The minimum Gasteiger partial charge on any atom is -0.277 e. The van der Waals surface area contributed by atoms with E-state index in [0.717, 1.165) is 25.7 Å². The minimum atomic E-state index is -1.14. The van der Waals surface area contributed by atoms with Crippen molar-refractivity contribution in [3.8, 4) is 0 Å². The highest BCUT2D eigenvalue weighted by Crippen LogP contribution is 2.47. The van der Waals surface area contributed by atoms with E-state index < -0.39 is 29.6 Å². The maximum Gasteiger partial charge on any atom is 0.331 e. The molecule has 1 aromatic carbocycles. The molecular formula is C18H18FN3O3. The van der Waals surface area contributed by atoms with Crippen LogP contribution in [0.1, 0.15) is 25.7 Å². The number of nitrogens with one attached hydrogen (secondary N) is 1. The van der Waals surface area contributed by atoms with Gasteiger partial charge in [0.05, 0.1) is 5.69 Å². The number of carbonyl (C=O) groups excluding carboxylic acids is 3. The van der Waals surface area contributed by atoms with Gasteiger partial charge in [-0.25, -0.2) is 9.18 Å². The van der Waals surface area contributed by atoms with Crippen LogP contribution >= 0.6 is 0 Å². The van der Waals surface area contributed by atoms with Crippen molar-refractivity contribution in [3.05, 3.63) is 30.1 Å². The summed E-state index contributed by atoms with van der Waals surface area (Å²) in [5.41, 5.74) is 0.436. The van der Waals surface area contributed by atoms with E-state index >= 15 is 0 Å². The van der Waals surface area contributed by atoms with Crippen LogP contribution in [0.4, 0.5) is 14.9 Å². The molecule has 1 saturated heterocycles. The SMILES string of the molecule is O=C1NC(=O)N([C@@H]2C[C@H]3CC[C@H]2C3)C(=O)[C@H]1C=Nc1ccc(F)cc1. The highest BCUT2D eigenvalue weighted by molar-refractivity contribution is 6.23. The molecule has 2 aliphatic carbocycles. The third-order valence-corrected chi connectivity index (χ3v) is 5.47. The standard InChI is InChI=1S/C18H18FN3O3/c19-12-3-5-13(6-4-12)20-9-14-16(23)21-18(25)22(17(14)24)15-8-10-1-2-11(15)7-10/h3-6,9-11,14-15H,1-2,7-8H2,(H,21,23,25)/t10-,11-,14-,15+/m0/s1. The number of fused-ring (bicyclic) bond motifs is 2. The fraction of sp³-hybridized carbons (Fsp3) is 0.444. The number of carbonyl (C=O) groups is 3. The molecule has 0 radical (unpaired) electrons. The zero-order valence-corrected chi connectivity index (χ0v) is 13.5. The molecule has 25 heavy (non-hydrogen) atoms. The van der Waals surface area contributed by atoms with Gasteiger partial charge in [0, 0.05) is 12.3 Å². The average molecular weight is 343 g/mol. The minimum absolute atomic E-state index is 0.124. The molecule has 0 spiro atoms. The molecule has 1 N–H and O–H groups in total. The highest BCUT2D eigenvalue weighted by Gasteiger charge is 2.50. The number of rotatable bonds is 3. The largest absolute Gasteiger partial charge is 0.331 e. The molecule has 2 saturated carbocycles. The monoisotopic (exact) mass is 343 g/mol. The summed E-state index contributed by atoms with van der Waals surface area (Å²) < 4.78 is 12.9. The molecule has 1 heterocycles. The number of hydrogen-bond acceptors (Lipinski definition) is 4. The van der Waals surface area contributed by atoms with E-state index in [-0.39, 0.29) is 6.04 Å². The molecule has 6 nitrogen and oxygen atoms in total. The van der Waals surface area contributed by atoms with Gasteiger partial charge < -0.3 is 0 Å². The summed E-state index contributed by atoms with van der Waals surface area (Å²) in [4.78, 5) is 42.4. The first-order valence-corrected chi connectivity index (χ1v) is 8.50. The number of benzene rings is 1. The molecule has 4 atom stereocenters. The summed E-state index contributed by atoms with van der Waals surface area (Å²) in [6, 6.07) is 4.66. The highest BCUT2D eigenvalue weighted by atomic mass is 19.1. The van der Waals surface area contributed by atoms with Gasteiger partial charge in [0.2, 0.25) is 11.8 Å². The lowest BCUT2D eigenvalue weighted by Crippen LogP contribution is -2.62. The molecule has 4 amide bonds. The normalized spacial score (nSPS) is 31.9. The van der Waals surface area contributed by atoms with Crippen LogP contribution in [0.15, 0.2) is 29.3 Å². The van der Waals surface area contributed by atoms with Crippen molar-refractivity contribution in [3.63, 3.8) is 0 Å². The Morgan fingerprint density at radius 3 is 2.52 bits per heavy atom. The molecule has 7 heteroatoms. The number of barbiturate groups is 1. The van der Waals surface area contributed by atoms with E-state index in [4.69, 9.17) is 0 Å². The summed E-state index contributed by atoms with van der Waals surface area (Å²) in [6.07, 6.45) is 5.27. The first-order valence-electron chi connectivity index (χ1n) is 8.50. The Balaban J connectivity index is 1.55. The van der Waals surface area contributed by atoms with E-state index in [9.17, 15) is 18.8 Å². The van der Waals surface area contributed by atoms with E-state index in [1.807, 2.05) is 0 Å². The van der Waals surface area contributed by atoms with Gasteiger partial charge >= 0.3 is 6.03 Å². The van der Waals surface area contributed by atoms with E-state index in [1.165, 1.54) is 35.4 Å². The van der Waals surface area contributed by atoms with Crippen LogP contribution in [0.3, 0.4) is 0 Å². The van der Waals surface area contributed by atoms with E-state index in [1.54, 1.807) is 0 Å². The number of urea groups is 1. The van der Waals surface area contributed by atoms with Crippen molar-refractivity contribution >= 4 is 29.7 Å². The summed E-state index contributed by atoms with van der Waals surface area (Å²) in [7, 11) is 0. The van der Waals surface area contributed by atoms with Crippen LogP contribution in [-0.2, 0) is 9.59 Å². The predicted molar refractivity (Wildman–Crippen MR) is 87.7 cm³/mol. The number of hydrogen-bond donors (Lipinski definition) is 1. The number of imide groups is 2. The second-order valence-electron chi connectivity index (χ2n) is 6.98. The summed E-state index contributed by atoms with van der Waals surface area (Å²) in [5, 5.41) is 2.27.